The first-order chi connectivity index (χ1) is 12.5. The Labute approximate surface area is 152 Å². The minimum Gasteiger partial charge on any atom is -0.493 e. The zero-order chi connectivity index (χ0) is 19.1. The van der Waals surface area contributed by atoms with Gasteiger partial charge in [-0.3, -0.25) is 4.79 Å². The molecule has 2 rings (SSSR count). The van der Waals surface area contributed by atoms with E-state index >= 15 is 0 Å². The third kappa shape index (κ3) is 4.14. The number of nitrogens with one attached hydrogen (secondary N) is 1. The van der Waals surface area contributed by atoms with Gasteiger partial charge in [0.25, 0.3) is 5.91 Å². The molecule has 0 radical (unpaired) electrons. The fourth-order valence-electron chi connectivity index (χ4n) is 2.38. The van der Waals surface area contributed by atoms with E-state index in [2.05, 4.69) is 5.32 Å². The van der Waals surface area contributed by atoms with Gasteiger partial charge >= 0.3 is 0 Å². The molecule has 1 amide bonds. The van der Waals surface area contributed by atoms with E-state index in [4.69, 9.17) is 14.2 Å². The monoisotopic (exact) mass is 352 g/mol. The van der Waals surface area contributed by atoms with Gasteiger partial charge in [0.05, 0.1) is 21.3 Å². The number of carbonyl (C=O) groups is 1. The highest BCUT2D eigenvalue weighted by molar-refractivity contribution is 6.09. The van der Waals surface area contributed by atoms with Gasteiger partial charge in [-0.05, 0) is 37.3 Å². The first-order valence-electron chi connectivity index (χ1n) is 7.82. The Morgan fingerprint density at radius 1 is 1.00 bits per heavy atom. The van der Waals surface area contributed by atoms with E-state index in [0.717, 1.165) is 5.56 Å². The normalized spacial score (nSPS) is 10.7. The quantitative estimate of drug-likeness (QED) is 0.635. The second kappa shape index (κ2) is 8.58. The molecule has 134 valence electrons. The van der Waals surface area contributed by atoms with Crippen molar-refractivity contribution in [3.8, 4) is 23.3 Å². The van der Waals surface area contributed by atoms with Gasteiger partial charge in [0.1, 0.15) is 11.6 Å². The summed E-state index contributed by atoms with van der Waals surface area (Å²) in [4.78, 5) is 12.4. The molecule has 0 aliphatic rings. The molecule has 26 heavy (non-hydrogen) atoms. The number of ether oxygens (including phenoxy) is 3. The fourth-order valence-corrected chi connectivity index (χ4v) is 2.38. The van der Waals surface area contributed by atoms with Crippen LogP contribution in [0.1, 0.15) is 11.1 Å². The van der Waals surface area contributed by atoms with E-state index in [1.807, 2.05) is 25.1 Å². The summed E-state index contributed by atoms with van der Waals surface area (Å²) in [6, 6.07) is 12.6. The predicted octanol–water partition coefficient (Wildman–Crippen LogP) is 3.57. The van der Waals surface area contributed by atoms with Gasteiger partial charge in [0.2, 0.25) is 5.75 Å². The molecule has 0 bridgehead atoms. The molecule has 6 nitrogen and oxygen atoms in total. The Morgan fingerprint density at radius 2 is 1.65 bits per heavy atom. The van der Waals surface area contributed by atoms with Crippen LogP contribution >= 0.6 is 0 Å². The summed E-state index contributed by atoms with van der Waals surface area (Å²) in [7, 11) is 4.48. The molecule has 0 heterocycles. The first kappa shape index (κ1) is 18.9. The highest BCUT2D eigenvalue weighted by Gasteiger charge is 2.17. The number of hydrogen-bond acceptors (Lipinski definition) is 5. The number of aryl methyl sites for hydroxylation is 1. The summed E-state index contributed by atoms with van der Waals surface area (Å²) in [5.74, 6) is 0.750. The lowest BCUT2D eigenvalue weighted by atomic mass is 10.1. The van der Waals surface area contributed by atoms with Crippen molar-refractivity contribution in [2.75, 3.05) is 26.6 Å². The van der Waals surface area contributed by atoms with Gasteiger partial charge in [-0.1, -0.05) is 17.7 Å². The first-order valence-corrected chi connectivity index (χ1v) is 7.82. The number of nitrogens with zero attached hydrogens (tertiary/aromatic N) is 1. The number of benzene rings is 2. The van der Waals surface area contributed by atoms with Gasteiger partial charge in [0, 0.05) is 11.3 Å². The third-order valence-corrected chi connectivity index (χ3v) is 3.71. The standard InChI is InChI=1S/C20H20N2O4/c1-13-5-8-16(9-6-13)22-20(23)15(12-21)11-14-7-10-17(24-2)19(26-4)18(14)25-3/h5-11H,1-4H3,(H,22,23). The molecule has 0 fully saturated rings. The lowest BCUT2D eigenvalue weighted by molar-refractivity contribution is -0.112. The second-order valence-corrected chi connectivity index (χ2v) is 5.41. The molecule has 0 spiro atoms. The summed E-state index contributed by atoms with van der Waals surface area (Å²) >= 11 is 0. The Morgan fingerprint density at radius 3 is 2.19 bits per heavy atom. The third-order valence-electron chi connectivity index (χ3n) is 3.71. The summed E-state index contributed by atoms with van der Waals surface area (Å²) in [5.41, 5.74) is 2.16. The fraction of sp³-hybridized carbons (Fsp3) is 0.200. The highest BCUT2D eigenvalue weighted by Crippen LogP contribution is 2.40. The van der Waals surface area contributed by atoms with Crippen LogP contribution in [0.4, 0.5) is 5.69 Å². The zero-order valence-electron chi connectivity index (χ0n) is 15.1. The lowest BCUT2D eigenvalue weighted by Gasteiger charge is -2.14. The number of amides is 1. The van der Waals surface area contributed by atoms with E-state index in [1.165, 1.54) is 27.4 Å². The van der Waals surface area contributed by atoms with Crippen LogP contribution in [0.3, 0.4) is 0 Å². The molecule has 0 saturated carbocycles. The second-order valence-electron chi connectivity index (χ2n) is 5.41. The van der Waals surface area contributed by atoms with Crippen LogP contribution in [-0.2, 0) is 4.79 Å². The van der Waals surface area contributed by atoms with Crippen molar-refractivity contribution >= 4 is 17.7 Å². The summed E-state index contributed by atoms with van der Waals surface area (Å²) < 4.78 is 15.9. The van der Waals surface area contributed by atoms with Gasteiger partial charge in [-0.25, -0.2) is 0 Å². The molecule has 1 N–H and O–H groups in total. The molecule has 0 aliphatic carbocycles. The molecule has 6 heteroatoms. The van der Waals surface area contributed by atoms with Gasteiger partial charge in [-0.15, -0.1) is 0 Å². The number of anilines is 1. The molecule has 0 saturated heterocycles. The van der Waals surface area contributed by atoms with E-state index in [1.54, 1.807) is 24.3 Å². The van der Waals surface area contributed by atoms with E-state index in [-0.39, 0.29) is 5.57 Å². The van der Waals surface area contributed by atoms with Crippen LogP contribution in [0, 0.1) is 18.3 Å². The van der Waals surface area contributed by atoms with Gasteiger partial charge in [0.15, 0.2) is 11.5 Å². The Hall–Kier alpha value is -3.46. The van der Waals surface area contributed by atoms with Crippen LogP contribution in [0.25, 0.3) is 6.08 Å². The topological polar surface area (TPSA) is 80.6 Å². The number of nitriles is 1. The van der Waals surface area contributed by atoms with Crippen LogP contribution in [-0.4, -0.2) is 27.2 Å². The molecule has 0 atom stereocenters. The van der Waals surface area contributed by atoms with E-state index < -0.39 is 5.91 Å². The van der Waals surface area contributed by atoms with Crippen molar-refractivity contribution in [2.45, 2.75) is 6.92 Å². The van der Waals surface area contributed by atoms with Crippen molar-refractivity contribution in [3.05, 3.63) is 53.1 Å². The Bertz CT molecular complexity index is 865. The predicted molar refractivity (Wildman–Crippen MR) is 99.5 cm³/mol. The smallest absolute Gasteiger partial charge is 0.266 e. The van der Waals surface area contributed by atoms with Crippen molar-refractivity contribution < 1.29 is 19.0 Å². The number of hydrogen-bond donors (Lipinski definition) is 1. The number of carbonyl (C=O) groups excluding carboxylic acids is 1. The molecular weight excluding hydrogens is 332 g/mol. The Balaban J connectivity index is 2.37. The summed E-state index contributed by atoms with van der Waals surface area (Å²) in [5, 5.41) is 12.1. The van der Waals surface area contributed by atoms with E-state index in [9.17, 15) is 10.1 Å². The molecule has 0 aromatic heterocycles. The Kier molecular flexibility index (Phi) is 6.23. The molecule has 0 aliphatic heterocycles. The van der Waals surface area contributed by atoms with Crippen LogP contribution in [0.15, 0.2) is 42.0 Å². The lowest BCUT2D eigenvalue weighted by Crippen LogP contribution is -2.13. The van der Waals surface area contributed by atoms with Crippen molar-refractivity contribution in [3.63, 3.8) is 0 Å². The SMILES string of the molecule is COc1ccc(C=C(C#N)C(=O)Nc2ccc(C)cc2)c(OC)c1OC. The van der Waals surface area contributed by atoms with Gasteiger partial charge < -0.3 is 19.5 Å². The molecule has 2 aromatic rings. The highest BCUT2D eigenvalue weighted by atomic mass is 16.5. The van der Waals surface area contributed by atoms with Crippen molar-refractivity contribution in [1.29, 1.82) is 5.26 Å². The minimum atomic E-state index is -0.506. The maximum atomic E-state index is 12.4. The molecule has 2 aromatic carbocycles. The average Bonchev–Trinajstić information content (AvgIpc) is 2.66. The van der Waals surface area contributed by atoms with Crippen LogP contribution in [0.5, 0.6) is 17.2 Å². The maximum absolute atomic E-state index is 12.4. The molecular formula is C20H20N2O4. The largest absolute Gasteiger partial charge is 0.493 e. The van der Waals surface area contributed by atoms with E-state index in [0.29, 0.717) is 28.5 Å². The maximum Gasteiger partial charge on any atom is 0.266 e. The zero-order valence-corrected chi connectivity index (χ0v) is 15.1. The van der Waals surface area contributed by atoms with Crippen LogP contribution < -0.4 is 19.5 Å². The summed E-state index contributed by atoms with van der Waals surface area (Å²) in [6.45, 7) is 1.95. The average molecular weight is 352 g/mol. The number of rotatable bonds is 6. The number of methoxy groups -OCH3 is 3. The minimum absolute atomic E-state index is 0.0592. The summed E-state index contributed by atoms with van der Waals surface area (Å²) in [6.07, 6.45) is 1.45. The van der Waals surface area contributed by atoms with Crippen LogP contribution in [0.2, 0.25) is 0 Å². The van der Waals surface area contributed by atoms with Gasteiger partial charge in [-0.2, -0.15) is 5.26 Å². The van der Waals surface area contributed by atoms with Crippen molar-refractivity contribution in [1.82, 2.24) is 0 Å². The molecule has 0 unspecified atom stereocenters. The van der Waals surface area contributed by atoms with Crippen molar-refractivity contribution in [2.24, 2.45) is 0 Å².